The topological polar surface area (TPSA) is 61.5 Å². The molecule has 0 aliphatic heterocycles. The third-order valence-corrected chi connectivity index (χ3v) is 3.97. The molecule has 0 atom stereocenters. The third kappa shape index (κ3) is 4.03. The van der Waals surface area contributed by atoms with E-state index in [4.69, 9.17) is 9.47 Å². The lowest BCUT2D eigenvalue weighted by Crippen LogP contribution is -2.02. The quantitative estimate of drug-likeness (QED) is 0.648. The highest BCUT2D eigenvalue weighted by atomic mass is 16.5. The highest BCUT2D eigenvalue weighted by Crippen LogP contribution is 2.25. The van der Waals surface area contributed by atoms with Gasteiger partial charge >= 0.3 is 0 Å². The Hall–Kier alpha value is -3.15. The van der Waals surface area contributed by atoms with E-state index in [0.717, 1.165) is 28.2 Å². The van der Waals surface area contributed by atoms with Gasteiger partial charge < -0.3 is 9.47 Å². The first-order valence-corrected chi connectivity index (χ1v) is 7.92. The second-order valence-electron chi connectivity index (χ2n) is 5.62. The maximum Gasteiger partial charge on any atom is 0.139 e. The molecular weight excluding hydrogens is 316 g/mol. The SMILES string of the molecule is COc1ccc(C=Nn2cncn2)cc1COc1cccc(C)c1C. The number of aryl methyl sites for hydroxylation is 1. The van der Waals surface area contributed by atoms with Crippen molar-refractivity contribution < 1.29 is 9.47 Å². The average Bonchev–Trinajstić information content (AvgIpc) is 3.15. The fourth-order valence-corrected chi connectivity index (χ4v) is 2.42. The summed E-state index contributed by atoms with van der Waals surface area (Å²) >= 11 is 0. The number of nitrogens with zero attached hydrogens (tertiary/aromatic N) is 4. The van der Waals surface area contributed by atoms with Crippen LogP contribution in [-0.2, 0) is 6.61 Å². The number of benzene rings is 2. The maximum absolute atomic E-state index is 6.00. The van der Waals surface area contributed by atoms with E-state index < -0.39 is 0 Å². The summed E-state index contributed by atoms with van der Waals surface area (Å²) in [4.78, 5) is 5.26. The molecule has 0 aliphatic rings. The Morgan fingerprint density at radius 3 is 2.80 bits per heavy atom. The maximum atomic E-state index is 6.00. The summed E-state index contributed by atoms with van der Waals surface area (Å²) in [5, 5.41) is 8.15. The van der Waals surface area contributed by atoms with Gasteiger partial charge in [0.2, 0.25) is 0 Å². The molecule has 0 saturated carbocycles. The zero-order chi connectivity index (χ0) is 17.6. The summed E-state index contributed by atoms with van der Waals surface area (Å²) in [7, 11) is 1.65. The first-order valence-electron chi connectivity index (χ1n) is 7.92. The van der Waals surface area contributed by atoms with Crippen molar-refractivity contribution in [2.75, 3.05) is 7.11 Å². The first kappa shape index (κ1) is 16.7. The normalized spacial score (nSPS) is 11.0. The van der Waals surface area contributed by atoms with Crippen molar-refractivity contribution in [3.8, 4) is 11.5 Å². The van der Waals surface area contributed by atoms with Crippen molar-refractivity contribution in [1.82, 2.24) is 14.9 Å². The van der Waals surface area contributed by atoms with Gasteiger partial charge in [0.05, 0.1) is 13.3 Å². The Kier molecular flexibility index (Phi) is 5.09. The van der Waals surface area contributed by atoms with Crippen molar-refractivity contribution in [3.63, 3.8) is 0 Å². The van der Waals surface area contributed by atoms with E-state index in [1.165, 1.54) is 23.0 Å². The molecule has 0 fully saturated rings. The van der Waals surface area contributed by atoms with Crippen LogP contribution in [0.5, 0.6) is 11.5 Å². The van der Waals surface area contributed by atoms with Crippen LogP contribution in [0, 0.1) is 13.8 Å². The molecule has 3 aromatic rings. The number of hydrogen-bond acceptors (Lipinski definition) is 5. The van der Waals surface area contributed by atoms with E-state index in [9.17, 15) is 0 Å². The fourth-order valence-electron chi connectivity index (χ4n) is 2.42. The monoisotopic (exact) mass is 336 g/mol. The smallest absolute Gasteiger partial charge is 0.139 e. The van der Waals surface area contributed by atoms with Crippen molar-refractivity contribution in [1.29, 1.82) is 0 Å². The number of ether oxygens (including phenoxy) is 2. The second-order valence-corrected chi connectivity index (χ2v) is 5.62. The Bertz CT molecular complexity index is 873. The van der Waals surface area contributed by atoms with Crippen LogP contribution in [-0.4, -0.2) is 28.2 Å². The zero-order valence-electron chi connectivity index (χ0n) is 14.5. The molecule has 3 rings (SSSR count). The molecule has 6 heteroatoms. The lowest BCUT2D eigenvalue weighted by molar-refractivity contribution is 0.294. The van der Waals surface area contributed by atoms with E-state index >= 15 is 0 Å². The van der Waals surface area contributed by atoms with Gasteiger partial charge in [0.1, 0.15) is 30.8 Å². The Labute approximate surface area is 146 Å². The van der Waals surface area contributed by atoms with Gasteiger partial charge in [-0.25, -0.2) is 4.98 Å². The van der Waals surface area contributed by atoms with E-state index in [2.05, 4.69) is 35.1 Å². The molecule has 0 radical (unpaired) electrons. The molecule has 0 spiro atoms. The van der Waals surface area contributed by atoms with Crippen LogP contribution in [0.3, 0.4) is 0 Å². The van der Waals surface area contributed by atoms with Crippen molar-refractivity contribution in [2.24, 2.45) is 5.10 Å². The molecule has 0 amide bonds. The molecular formula is C19H20N4O2. The average molecular weight is 336 g/mol. The largest absolute Gasteiger partial charge is 0.496 e. The summed E-state index contributed by atoms with van der Waals surface area (Å²) in [6, 6.07) is 11.9. The highest BCUT2D eigenvalue weighted by Gasteiger charge is 2.07. The van der Waals surface area contributed by atoms with Crippen LogP contribution >= 0.6 is 0 Å². The van der Waals surface area contributed by atoms with Crippen LogP contribution in [0.2, 0.25) is 0 Å². The predicted molar refractivity (Wildman–Crippen MR) is 96.3 cm³/mol. The Morgan fingerprint density at radius 2 is 2.04 bits per heavy atom. The number of aromatic nitrogens is 3. The van der Waals surface area contributed by atoms with Crippen molar-refractivity contribution >= 4 is 6.21 Å². The molecule has 128 valence electrons. The minimum atomic E-state index is 0.415. The molecule has 0 aliphatic carbocycles. The van der Waals surface area contributed by atoms with E-state index in [1.807, 2.05) is 30.3 Å². The molecule has 1 aromatic heterocycles. The summed E-state index contributed by atoms with van der Waals surface area (Å²) in [6.07, 6.45) is 4.69. The summed E-state index contributed by atoms with van der Waals surface area (Å²) < 4.78 is 11.4. The summed E-state index contributed by atoms with van der Waals surface area (Å²) in [5.41, 5.74) is 4.23. The summed E-state index contributed by atoms with van der Waals surface area (Å²) in [5.74, 6) is 1.66. The molecule has 25 heavy (non-hydrogen) atoms. The minimum Gasteiger partial charge on any atom is -0.496 e. The van der Waals surface area contributed by atoms with Gasteiger partial charge in [0.15, 0.2) is 0 Å². The van der Waals surface area contributed by atoms with Crippen LogP contribution in [0.1, 0.15) is 22.3 Å². The standard InChI is InChI=1S/C19H20N4O2/c1-14-5-4-6-18(15(14)2)25-11-17-9-16(7-8-19(17)24-3)10-21-23-13-20-12-22-23/h4-10,12-13H,11H2,1-3H3. The molecule has 2 aromatic carbocycles. The van der Waals surface area contributed by atoms with Crippen LogP contribution in [0.15, 0.2) is 54.2 Å². The molecule has 0 saturated heterocycles. The van der Waals surface area contributed by atoms with Crippen LogP contribution in [0.4, 0.5) is 0 Å². The lowest BCUT2D eigenvalue weighted by Gasteiger charge is -2.13. The fraction of sp³-hybridized carbons (Fsp3) is 0.211. The molecule has 0 N–H and O–H groups in total. The first-order chi connectivity index (χ1) is 12.2. The predicted octanol–water partition coefficient (Wildman–Crippen LogP) is 3.36. The third-order valence-electron chi connectivity index (χ3n) is 3.97. The van der Waals surface area contributed by atoms with Gasteiger partial charge in [0, 0.05) is 5.56 Å². The van der Waals surface area contributed by atoms with Gasteiger partial charge in [-0.3, -0.25) is 0 Å². The molecule has 1 heterocycles. The Morgan fingerprint density at radius 1 is 1.16 bits per heavy atom. The minimum absolute atomic E-state index is 0.415. The van der Waals surface area contributed by atoms with Crippen molar-refractivity contribution in [2.45, 2.75) is 20.5 Å². The van der Waals surface area contributed by atoms with Gasteiger partial charge in [0.25, 0.3) is 0 Å². The van der Waals surface area contributed by atoms with Gasteiger partial charge in [-0.15, -0.1) is 9.89 Å². The molecule has 0 bridgehead atoms. The second kappa shape index (κ2) is 7.61. The lowest BCUT2D eigenvalue weighted by atomic mass is 10.1. The van der Waals surface area contributed by atoms with Crippen molar-refractivity contribution in [3.05, 3.63) is 71.3 Å². The number of rotatable bonds is 6. The van der Waals surface area contributed by atoms with E-state index in [-0.39, 0.29) is 0 Å². The zero-order valence-corrected chi connectivity index (χ0v) is 14.5. The van der Waals surface area contributed by atoms with Crippen LogP contribution < -0.4 is 9.47 Å². The van der Waals surface area contributed by atoms with Crippen LogP contribution in [0.25, 0.3) is 0 Å². The van der Waals surface area contributed by atoms with Gasteiger partial charge in [-0.05, 0) is 54.8 Å². The molecule has 6 nitrogen and oxygen atoms in total. The number of hydrogen-bond donors (Lipinski definition) is 0. The summed E-state index contributed by atoms with van der Waals surface area (Å²) in [6.45, 7) is 4.55. The Balaban J connectivity index is 1.79. The van der Waals surface area contributed by atoms with Gasteiger partial charge in [-0.1, -0.05) is 12.1 Å². The van der Waals surface area contributed by atoms with E-state index in [1.54, 1.807) is 13.3 Å². The molecule has 0 unspecified atom stereocenters. The van der Waals surface area contributed by atoms with Gasteiger partial charge in [-0.2, -0.15) is 5.10 Å². The highest BCUT2D eigenvalue weighted by molar-refractivity contribution is 5.80. The van der Waals surface area contributed by atoms with E-state index in [0.29, 0.717) is 6.61 Å². The number of methoxy groups -OCH3 is 1.